The van der Waals surface area contributed by atoms with Crippen molar-refractivity contribution in [3.05, 3.63) is 62.8 Å². The zero-order valence-electron chi connectivity index (χ0n) is 9.75. The Hall–Kier alpha value is -1.57. The molecular formula is C14H9BrClFN2. The monoisotopic (exact) mass is 338 g/mol. The molecular weight excluding hydrogens is 331 g/mol. The molecule has 0 aliphatic carbocycles. The third-order valence-corrected chi connectivity index (χ3v) is 3.56. The summed E-state index contributed by atoms with van der Waals surface area (Å²) in [6, 6.07) is 11.7. The van der Waals surface area contributed by atoms with Crippen molar-refractivity contribution in [3.63, 3.8) is 0 Å². The van der Waals surface area contributed by atoms with Gasteiger partial charge in [-0.05, 0) is 35.9 Å². The number of rotatable bonds is 3. The number of nitriles is 1. The number of nitrogens with one attached hydrogen (secondary N) is 1. The fourth-order valence-corrected chi connectivity index (χ4v) is 2.41. The number of hydrogen-bond donors (Lipinski definition) is 1. The third kappa shape index (κ3) is 3.46. The standard InChI is InChI=1S/C14H9BrClFN2/c15-13-6-11(16)2-1-9(13)8-19-12-3-4-14(17)10(5-12)7-18/h1-6,19H,8H2. The first-order valence-corrected chi connectivity index (χ1v) is 6.64. The maximum absolute atomic E-state index is 13.2. The second-order valence-corrected chi connectivity index (χ2v) is 5.19. The molecule has 0 amide bonds. The van der Waals surface area contributed by atoms with Gasteiger partial charge >= 0.3 is 0 Å². The minimum atomic E-state index is -0.513. The van der Waals surface area contributed by atoms with Gasteiger partial charge in [-0.25, -0.2) is 4.39 Å². The van der Waals surface area contributed by atoms with Gasteiger partial charge in [0.2, 0.25) is 0 Å². The van der Waals surface area contributed by atoms with Crippen LogP contribution in [0.15, 0.2) is 40.9 Å². The van der Waals surface area contributed by atoms with E-state index in [1.54, 1.807) is 12.1 Å². The molecule has 0 aliphatic heterocycles. The molecule has 0 saturated heterocycles. The minimum absolute atomic E-state index is 0.0279. The average Bonchev–Trinajstić information content (AvgIpc) is 2.39. The van der Waals surface area contributed by atoms with Gasteiger partial charge in [-0.3, -0.25) is 0 Å². The van der Waals surface area contributed by atoms with Crippen molar-refractivity contribution >= 4 is 33.2 Å². The molecule has 1 N–H and O–H groups in total. The fraction of sp³-hybridized carbons (Fsp3) is 0.0714. The Bertz CT molecular complexity index is 652. The van der Waals surface area contributed by atoms with E-state index in [0.29, 0.717) is 17.3 Å². The molecule has 2 aromatic carbocycles. The second-order valence-electron chi connectivity index (χ2n) is 3.90. The van der Waals surface area contributed by atoms with Crippen molar-refractivity contribution in [3.8, 4) is 6.07 Å². The molecule has 2 nitrogen and oxygen atoms in total. The van der Waals surface area contributed by atoms with Crippen molar-refractivity contribution in [1.29, 1.82) is 5.26 Å². The SMILES string of the molecule is N#Cc1cc(NCc2ccc(Cl)cc2Br)ccc1F. The van der Waals surface area contributed by atoms with E-state index >= 15 is 0 Å². The van der Waals surface area contributed by atoms with Crippen LogP contribution in [0, 0.1) is 17.1 Å². The Balaban J connectivity index is 2.13. The third-order valence-electron chi connectivity index (χ3n) is 2.58. The predicted octanol–water partition coefficient (Wildman–Crippen LogP) is 4.73. The molecule has 0 bridgehead atoms. The highest BCUT2D eigenvalue weighted by Gasteiger charge is 2.04. The van der Waals surface area contributed by atoms with E-state index in [4.69, 9.17) is 16.9 Å². The molecule has 0 aliphatic rings. The molecule has 5 heteroatoms. The van der Waals surface area contributed by atoms with Gasteiger partial charge < -0.3 is 5.32 Å². The van der Waals surface area contributed by atoms with Crippen LogP contribution in [-0.2, 0) is 6.54 Å². The van der Waals surface area contributed by atoms with Crippen molar-refractivity contribution in [2.75, 3.05) is 5.32 Å². The van der Waals surface area contributed by atoms with Crippen LogP contribution in [0.25, 0.3) is 0 Å². The van der Waals surface area contributed by atoms with Gasteiger partial charge in [0, 0.05) is 21.7 Å². The smallest absolute Gasteiger partial charge is 0.141 e. The topological polar surface area (TPSA) is 35.8 Å². The van der Waals surface area contributed by atoms with Gasteiger partial charge in [-0.15, -0.1) is 0 Å². The zero-order chi connectivity index (χ0) is 13.8. The molecule has 0 fully saturated rings. The van der Waals surface area contributed by atoms with Crippen molar-refractivity contribution in [1.82, 2.24) is 0 Å². The Labute approximate surface area is 123 Å². The first-order valence-electron chi connectivity index (χ1n) is 5.47. The molecule has 0 radical (unpaired) electrons. The van der Waals surface area contributed by atoms with E-state index in [-0.39, 0.29) is 5.56 Å². The lowest BCUT2D eigenvalue weighted by atomic mass is 10.2. The van der Waals surface area contributed by atoms with Crippen LogP contribution >= 0.6 is 27.5 Å². The van der Waals surface area contributed by atoms with E-state index in [2.05, 4.69) is 21.2 Å². The summed E-state index contributed by atoms with van der Waals surface area (Å²) in [5.74, 6) is -0.513. The summed E-state index contributed by atoms with van der Waals surface area (Å²) in [6.45, 7) is 0.550. The van der Waals surface area contributed by atoms with Crippen LogP contribution in [0.1, 0.15) is 11.1 Å². The van der Waals surface area contributed by atoms with Crippen LogP contribution in [0.4, 0.5) is 10.1 Å². The van der Waals surface area contributed by atoms with Gasteiger partial charge in [0.15, 0.2) is 0 Å². The molecule has 0 heterocycles. The van der Waals surface area contributed by atoms with Gasteiger partial charge in [-0.2, -0.15) is 5.26 Å². The fourth-order valence-electron chi connectivity index (χ4n) is 1.58. The average molecular weight is 340 g/mol. The van der Waals surface area contributed by atoms with Crippen molar-refractivity contribution in [2.45, 2.75) is 6.54 Å². The molecule has 0 spiro atoms. The lowest BCUT2D eigenvalue weighted by molar-refractivity contribution is 0.624. The van der Waals surface area contributed by atoms with E-state index < -0.39 is 5.82 Å². The van der Waals surface area contributed by atoms with E-state index in [0.717, 1.165) is 10.0 Å². The van der Waals surface area contributed by atoms with E-state index in [1.807, 2.05) is 18.2 Å². The largest absolute Gasteiger partial charge is 0.381 e. The second kappa shape index (κ2) is 6.05. The summed E-state index contributed by atoms with van der Waals surface area (Å²) in [6.07, 6.45) is 0. The molecule has 2 aromatic rings. The lowest BCUT2D eigenvalue weighted by Crippen LogP contribution is -2.01. The van der Waals surface area contributed by atoms with Crippen LogP contribution < -0.4 is 5.32 Å². The molecule has 0 saturated carbocycles. The summed E-state index contributed by atoms with van der Waals surface area (Å²) in [7, 11) is 0. The highest BCUT2D eigenvalue weighted by atomic mass is 79.9. The molecule has 0 atom stereocenters. The lowest BCUT2D eigenvalue weighted by Gasteiger charge is -2.09. The number of hydrogen-bond acceptors (Lipinski definition) is 2. The van der Waals surface area contributed by atoms with Gasteiger partial charge in [0.1, 0.15) is 11.9 Å². The molecule has 0 aromatic heterocycles. The quantitative estimate of drug-likeness (QED) is 0.878. The van der Waals surface area contributed by atoms with E-state index in [1.165, 1.54) is 12.1 Å². The Morgan fingerprint density at radius 3 is 2.74 bits per heavy atom. The summed E-state index contributed by atoms with van der Waals surface area (Å²) in [5, 5.41) is 12.6. The summed E-state index contributed by atoms with van der Waals surface area (Å²) in [4.78, 5) is 0. The van der Waals surface area contributed by atoms with Gasteiger partial charge in [0.05, 0.1) is 5.56 Å². The minimum Gasteiger partial charge on any atom is -0.381 e. The maximum atomic E-state index is 13.2. The van der Waals surface area contributed by atoms with Crippen molar-refractivity contribution in [2.24, 2.45) is 0 Å². The van der Waals surface area contributed by atoms with Crippen molar-refractivity contribution < 1.29 is 4.39 Å². The molecule has 2 rings (SSSR count). The molecule has 19 heavy (non-hydrogen) atoms. The van der Waals surface area contributed by atoms with Crippen LogP contribution in [0.3, 0.4) is 0 Å². The van der Waals surface area contributed by atoms with Crippen LogP contribution in [0.5, 0.6) is 0 Å². The Morgan fingerprint density at radius 1 is 1.26 bits per heavy atom. The van der Waals surface area contributed by atoms with Gasteiger partial charge in [-0.1, -0.05) is 33.6 Å². The van der Waals surface area contributed by atoms with E-state index in [9.17, 15) is 4.39 Å². The Morgan fingerprint density at radius 2 is 2.05 bits per heavy atom. The number of anilines is 1. The summed E-state index contributed by atoms with van der Waals surface area (Å²) < 4.78 is 14.1. The first kappa shape index (κ1) is 13.9. The van der Waals surface area contributed by atoms with Gasteiger partial charge in [0.25, 0.3) is 0 Å². The predicted molar refractivity (Wildman–Crippen MR) is 77.6 cm³/mol. The highest BCUT2D eigenvalue weighted by Crippen LogP contribution is 2.23. The Kier molecular flexibility index (Phi) is 4.41. The first-order chi connectivity index (χ1) is 9.10. The van der Waals surface area contributed by atoms with Crippen LogP contribution in [0.2, 0.25) is 5.02 Å². The zero-order valence-corrected chi connectivity index (χ0v) is 12.1. The van der Waals surface area contributed by atoms with Crippen LogP contribution in [-0.4, -0.2) is 0 Å². The molecule has 96 valence electrons. The summed E-state index contributed by atoms with van der Waals surface area (Å²) >= 11 is 9.29. The number of nitrogens with zero attached hydrogens (tertiary/aromatic N) is 1. The number of benzene rings is 2. The highest BCUT2D eigenvalue weighted by molar-refractivity contribution is 9.10. The summed E-state index contributed by atoms with van der Waals surface area (Å²) in [5.41, 5.74) is 1.74. The molecule has 0 unspecified atom stereocenters. The maximum Gasteiger partial charge on any atom is 0.141 e. The normalized spacial score (nSPS) is 10.0. The number of halogens is 3.